The van der Waals surface area contributed by atoms with Crippen LogP contribution in [0.25, 0.3) is 0 Å². The minimum Gasteiger partial charge on any atom is -0.492 e. The second-order valence-corrected chi connectivity index (χ2v) is 4.46. The van der Waals surface area contributed by atoms with Crippen LogP contribution in [0, 0.1) is 3.57 Å². The molecule has 0 aliphatic carbocycles. The summed E-state index contributed by atoms with van der Waals surface area (Å²) in [7, 11) is 0. The van der Waals surface area contributed by atoms with Crippen LogP contribution in [0.4, 0.5) is 13.2 Å². The summed E-state index contributed by atoms with van der Waals surface area (Å²) in [5.74, 6) is 0.740. The molecule has 0 spiro atoms. The number of halogens is 4. The van der Waals surface area contributed by atoms with Crippen LogP contribution in [-0.4, -0.2) is 26.0 Å². The molecule has 0 unspecified atom stereocenters. The summed E-state index contributed by atoms with van der Waals surface area (Å²) in [6.07, 6.45) is -3.82. The van der Waals surface area contributed by atoms with Gasteiger partial charge in [0.15, 0.2) is 0 Å². The maximum Gasteiger partial charge on any atom is 0.411 e. The molecule has 0 bridgehead atoms. The maximum atomic E-state index is 11.7. The Morgan fingerprint density at radius 1 is 1.12 bits per heavy atom. The van der Waals surface area contributed by atoms with Crippen molar-refractivity contribution in [3.8, 4) is 5.75 Å². The van der Waals surface area contributed by atoms with Crippen molar-refractivity contribution in [2.24, 2.45) is 0 Å². The van der Waals surface area contributed by atoms with Crippen molar-refractivity contribution in [3.63, 3.8) is 0 Å². The van der Waals surface area contributed by atoms with Crippen molar-refractivity contribution < 1.29 is 22.6 Å². The molecule has 0 radical (unpaired) electrons. The molecule has 0 fully saturated rings. The monoisotopic (exact) mass is 360 g/mol. The molecule has 0 saturated carbocycles. The van der Waals surface area contributed by atoms with Crippen LogP contribution in [0.1, 0.15) is 6.42 Å². The number of alkyl halides is 3. The highest BCUT2D eigenvalue weighted by Crippen LogP contribution is 2.19. The molecule has 2 nitrogen and oxygen atoms in total. The van der Waals surface area contributed by atoms with E-state index in [-0.39, 0.29) is 6.61 Å². The lowest BCUT2D eigenvalue weighted by molar-refractivity contribution is -0.174. The second-order valence-electron chi connectivity index (χ2n) is 3.30. The van der Waals surface area contributed by atoms with Crippen molar-refractivity contribution in [3.05, 3.63) is 27.8 Å². The van der Waals surface area contributed by atoms with E-state index in [1.54, 1.807) is 0 Å². The zero-order valence-corrected chi connectivity index (χ0v) is 11.1. The van der Waals surface area contributed by atoms with E-state index >= 15 is 0 Å². The van der Waals surface area contributed by atoms with Gasteiger partial charge < -0.3 is 9.47 Å². The highest BCUT2D eigenvalue weighted by atomic mass is 127. The molecule has 17 heavy (non-hydrogen) atoms. The lowest BCUT2D eigenvalue weighted by Gasteiger charge is -2.09. The van der Waals surface area contributed by atoms with Gasteiger partial charge in [-0.1, -0.05) is 12.1 Å². The number of ether oxygens (including phenoxy) is 2. The van der Waals surface area contributed by atoms with Gasteiger partial charge >= 0.3 is 6.18 Å². The topological polar surface area (TPSA) is 18.5 Å². The summed E-state index contributed by atoms with van der Waals surface area (Å²) in [6.45, 7) is -0.809. The van der Waals surface area contributed by atoms with Crippen LogP contribution in [0.3, 0.4) is 0 Å². The first kappa shape index (κ1) is 14.6. The molecule has 0 amide bonds. The van der Waals surface area contributed by atoms with E-state index in [4.69, 9.17) is 4.74 Å². The number of benzene rings is 1. The Balaban J connectivity index is 2.11. The third-order valence-electron chi connectivity index (χ3n) is 1.79. The second kappa shape index (κ2) is 7.05. The maximum absolute atomic E-state index is 11.7. The Kier molecular flexibility index (Phi) is 6.04. The van der Waals surface area contributed by atoms with Crippen LogP contribution in [-0.2, 0) is 4.74 Å². The lowest BCUT2D eigenvalue weighted by Crippen LogP contribution is -2.18. The first-order valence-electron chi connectivity index (χ1n) is 5.01. The molecule has 0 aliphatic rings. The zero-order chi connectivity index (χ0) is 12.7. The molecule has 0 aromatic heterocycles. The highest BCUT2D eigenvalue weighted by molar-refractivity contribution is 14.1. The fraction of sp³-hybridized carbons (Fsp3) is 0.455. The third kappa shape index (κ3) is 6.72. The fourth-order valence-electron chi connectivity index (χ4n) is 1.09. The van der Waals surface area contributed by atoms with E-state index in [1.165, 1.54) is 0 Å². The predicted molar refractivity (Wildman–Crippen MR) is 66.1 cm³/mol. The molecule has 1 aromatic rings. The van der Waals surface area contributed by atoms with Crippen LogP contribution in [0.15, 0.2) is 24.3 Å². The van der Waals surface area contributed by atoms with Crippen LogP contribution in [0.5, 0.6) is 5.75 Å². The smallest absolute Gasteiger partial charge is 0.411 e. The molecule has 1 rings (SSSR count). The summed E-state index contributed by atoms with van der Waals surface area (Å²) in [4.78, 5) is 0. The van der Waals surface area contributed by atoms with Gasteiger partial charge in [0.1, 0.15) is 12.4 Å². The number of rotatable bonds is 6. The molecule has 1 aromatic carbocycles. The predicted octanol–water partition coefficient (Wildman–Crippen LogP) is 3.64. The molecule has 0 saturated heterocycles. The minimum absolute atomic E-state index is 0.0446. The standard InChI is InChI=1S/C11H12F3IO2/c12-11(13,14)8-16-6-3-7-17-10-5-2-1-4-9(10)15/h1-2,4-5H,3,6-8H2. The van der Waals surface area contributed by atoms with Gasteiger partial charge in [0.25, 0.3) is 0 Å². The quantitative estimate of drug-likeness (QED) is 0.570. The number of para-hydroxylation sites is 1. The fourth-order valence-corrected chi connectivity index (χ4v) is 1.64. The number of hydrogen-bond donors (Lipinski definition) is 0. The molecule has 0 N–H and O–H groups in total. The third-order valence-corrected chi connectivity index (χ3v) is 2.68. The van der Waals surface area contributed by atoms with E-state index < -0.39 is 12.8 Å². The van der Waals surface area contributed by atoms with Crippen molar-refractivity contribution in [1.82, 2.24) is 0 Å². The highest BCUT2D eigenvalue weighted by Gasteiger charge is 2.27. The summed E-state index contributed by atoms with van der Waals surface area (Å²) in [5, 5.41) is 0. The van der Waals surface area contributed by atoms with Gasteiger partial charge in [-0.05, 0) is 34.7 Å². The van der Waals surface area contributed by atoms with Gasteiger partial charge in [0.05, 0.1) is 16.8 Å². The normalized spacial score (nSPS) is 11.5. The summed E-state index contributed by atoms with van der Waals surface area (Å²) in [5.41, 5.74) is 0. The van der Waals surface area contributed by atoms with Gasteiger partial charge in [0, 0.05) is 6.42 Å². The Morgan fingerprint density at radius 2 is 1.82 bits per heavy atom. The van der Waals surface area contributed by atoms with E-state index in [0.717, 1.165) is 9.32 Å². The molecule has 6 heteroatoms. The molecule has 0 aliphatic heterocycles. The summed E-state index contributed by atoms with van der Waals surface area (Å²) in [6, 6.07) is 7.45. The average Bonchev–Trinajstić information content (AvgIpc) is 2.24. The first-order valence-corrected chi connectivity index (χ1v) is 6.09. The van der Waals surface area contributed by atoms with Gasteiger partial charge in [-0.2, -0.15) is 13.2 Å². The Hall–Kier alpha value is -0.500. The van der Waals surface area contributed by atoms with Crippen molar-refractivity contribution >= 4 is 22.6 Å². The first-order chi connectivity index (χ1) is 7.99. The summed E-state index contributed by atoms with van der Waals surface area (Å²) < 4.78 is 46.0. The average molecular weight is 360 g/mol. The van der Waals surface area contributed by atoms with E-state index in [2.05, 4.69) is 27.3 Å². The molecule has 0 heterocycles. The zero-order valence-electron chi connectivity index (χ0n) is 8.97. The number of hydrogen-bond acceptors (Lipinski definition) is 2. The van der Waals surface area contributed by atoms with Crippen LogP contribution in [0.2, 0.25) is 0 Å². The van der Waals surface area contributed by atoms with Crippen molar-refractivity contribution in [1.29, 1.82) is 0 Å². The largest absolute Gasteiger partial charge is 0.492 e. The van der Waals surface area contributed by atoms with Gasteiger partial charge in [0.2, 0.25) is 0 Å². The Labute approximate surface area is 111 Å². The van der Waals surface area contributed by atoms with E-state index in [9.17, 15) is 13.2 Å². The molecular formula is C11H12F3IO2. The van der Waals surface area contributed by atoms with Crippen molar-refractivity contribution in [2.45, 2.75) is 12.6 Å². The Morgan fingerprint density at radius 3 is 2.47 bits per heavy atom. The van der Waals surface area contributed by atoms with Gasteiger partial charge in [-0.25, -0.2) is 0 Å². The van der Waals surface area contributed by atoms with Gasteiger partial charge in [-0.3, -0.25) is 0 Å². The summed E-state index contributed by atoms with van der Waals surface area (Å²) >= 11 is 2.13. The molecule has 0 atom stereocenters. The molecule has 96 valence electrons. The van der Waals surface area contributed by atoms with Crippen LogP contribution < -0.4 is 4.74 Å². The van der Waals surface area contributed by atoms with E-state index in [1.807, 2.05) is 24.3 Å². The lowest BCUT2D eigenvalue weighted by atomic mass is 10.3. The SMILES string of the molecule is FC(F)(F)COCCCOc1ccccc1I. The van der Waals surface area contributed by atoms with Gasteiger partial charge in [-0.15, -0.1) is 0 Å². The minimum atomic E-state index is -4.25. The Bertz CT molecular complexity index is 342. The van der Waals surface area contributed by atoms with Crippen molar-refractivity contribution in [2.75, 3.05) is 19.8 Å². The van der Waals surface area contributed by atoms with Crippen LogP contribution >= 0.6 is 22.6 Å². The molecular weight excluding hydrogens is 348 g/mol. The van der Waals surface area contributed by atoms with E-state index in [0.29, 0.717) is 13.0 Å².